The zero-order valence-corrected chi connectivity index (χ0v) is 9.21. The Hall–Kier alpha value is -0.790. The molecule has 0 saturated carbocycles. The van der Waals surface area contributed by atoms with Gasteiger partial charge in [0, 0.05) is 5.56 Å². The third-order valence-electron chi connectivity index (χ3n) is 2.21. The molecule has 14 heavy (non-hydrogen) atoms. The Bertz CT molecular complexity index is 400. The van der Waals surface area contributed by atoms with Crippen molar-refractivity contribution < 1.29 is 13.6 Å². The first-order valence-electron chi connectivity index (χ1n) is 4.66. The maximum absolute atomic E-state index is 12.0. The van der Waals surface area contributed by atoms with Crippen LogP contribution in [0.3, 0.4) is 0 Å². The maximum Gasteiger partial charge on any atom is 0.383 e. The Morgan fingerprint density at radius 3 is 3.00 bits per heavy atom. The van der Waals surface area contributed by atoms with Crippen LogP contribution in [-0.2, 0) is 15.3 Å². The number of benzene rings is 1. The van der Waals surface area contributed by atoms with Crippen molar-refractivity contribution in [2.24, 2.45) is 0 Å². The smallest absolute Gasteiger partial charge is 0.383 e. The van der Waals surface area contributed by atoms with Crippen LogP contribution in [0.15, 0.2) is 18.2 Å². The van der Waals surface area contributed by atoms with Crippen LogP contribution < -0.4 is 4.52 Å². The van der Waals surface area contributed by atoms with Crippen LogP contribution in [-0.4, -0.2) is 6.61 Å². The molecule has 2 rings (SSSR count). The van der Waals surface area contributed by atoms with Gasteiger partial charge in [-0.2, -0.15) is 0 Å². The van der Waals surface area contributed by atoms with Gasteiger partial charge in [-0.15, -0.1) is 0 Å². The van der Waals surface area contributed by atoms with E-state index in [4.69, 9.17) is 9.05 Å². The Balaban J connectivity index is 2.34. The average molecular weight is 212 g/mol. The second kappa shape index (κ2) is 3.41. The zero-order valence-electron chi connectivity index (χ0n) is 8.32. The Morgan fingerprint density at radius 2 is 2.36 bits per heavy atom. The third kappa shape index (κ3) is 1.58. The van der Waals surface area contributed by atoms with Crippen LogP contribution in [0, 0.1) is 6.92 Å². The number of para-hydroxylation sites is 1. The fourth-order valence-corrected chi connectivity index (χ4v) is 3.42. The predicted molar refractivity (Wildman–Crippen MR) is 54.7 cm³/mol. The minimum atomic E-state index is -2.88. The van der Waals surface area contributed by atoms with E-state index >= 15 is 0 Å². The minimum Gasteiger partial charge on any atom is -0.424 e. The molecule has 0 saturated heterocycles. The summed E-state index contributed by atoms with van der Waals surface area (Å²) < 4.78 is 22.5. The number of hydrogen-bond donors (Lipinski definition) is 0. The van der Waals surface area contributed by atoms with Crippen molar-refractivity contribution in [3.05, 3.63) is 29.3 Å². The summed E-state index contributed by atoms with van der Waals surface area (Å²) in [6, 6.07) is 5.82. The molecule has 1 aromatic rings. The summed E-state index contributed by atoms with van der Waals surface area (Å²) in [6.45, 7) is 4.18. The summed E-state index contributed by atoms with van der Waals surface area (Å²) in [7, 11) is -2.88. The summed E-state index contributed by atoms with van der Waals surface area (Å²) in [5, 5.41) is 0. The third-order valence-corrected chi connectivity index (χ3v) is 4.05. The van der Waals surface area contributed by atoms with Crippen LogP contribution in [0.1, 0.15) is 18.1 Å². The second-order valence-electron chi connectivity index (χ2n) is 3.34. The van der Waals surface area contributed by atoms with Crippen molar-refractivity contribution in [2.75, 3.05) is 6.61 Å². The second-order valence-corrected chi connectivity index (χ2v) is 5.32. The van der Waals surface area contributed by atoms with Gasteiger partial charge in [-0.25, -0.2) is 4.57 Å². The standard InChI is InChI=1S/C10H13O3P/c1-3-12-14(11)7-9-6-4-5-8(2)10(9)13-14/h4-6H,3,7H2,1-2H3. The van der Waals surface area contributed by atoms with Crippen molar-refractivity contribution in [1.82, 2.24) is 0 Å². The van der Waals surface area contributed by atoms with Gasteiger partial charge >= 0.3 is 7.60 Å². The van der Waals surface area contributed by atoms with Crippen molar-refractivity contribution in [3.63, 3.8) is 0 Å². The summed E-state index contributed by atoms with van der Waals surface area (Å²) in [4.78, 5) is 0. The van der Waals surface area contributed by atoms with E-state index in [0.717, 1.165) is 16.9 Å². The van der Waals surface area contributed by atoms with E-state index in [1.165, 1.54) is 0 Å². The van der Waals surface area contributed by atoms with Crippen molar-refractivity contribution in [2.45, 2.75) is 20.0 Å². The van der Waals surface area contributed by atoms with Gasteiger partial charge in [-0.1, -0.05) is 18.2 Å². The molecule has 1 unspecified atom stereocenters. The Labute approximate surface area is 83.6 Å². The highest BCUT2D eigenvalue weighted by Crippen LogP contribution is 2.59. The molecule has 0 aromatic heterocycles. The van der Waals surface area contributed by atoms with Gasteiger partial charge in [0.2, 0.25) is 0 Å². The predicted octanol–water partition coefficient (Wildman–Crippen LogP) is 3.12. The van der Waals surface area contributed by atoms with Gasteiger partial charge < -0.3 is 4.52 Å². The molecule has 1 atom stereocenters. The van der Waals surface area contributed by atoms with E-state index in [2.05, 4.69) is 0 Å². The molecule has 4 heteroatoms. The molecule has 1 heterocycles. The van der Waals surface area contributed by atoms with Gasteiger partial charge in [0.15, 0.2) is 0 Å². The lowest BCUT2D eigenvalue weighted by atomic mass is 10.1. The fourth-order valence-electron chi connectivity index (χ4n) is 1.62. The Morgan fingerprint density at radius 1 is 1.57 bits per heavy atom. The van der Waals surface area contributed by atoms with Crippen molar-refractivity contribution in [3.8, 4) is 5.75 Å². The number of rotatable bonds is 2. The van der Waals surface area contributed by atoms with Crippen LogP contribution in [0.2, 0.25) is 0 Å². The normalized spacial score (nSPS) is 24.4. The first kappa shape index (κ1) is 9.75. The SMILES string of the molecule is CCOP1(=O)Cc2cccc(C)c2O1. The molecule has 1 aromatic carbocycles. The quantitative estimate of drug-likeness (QED) is 0.706. The van der Waals surface area contributed by atoms with Crippen molar-refractivity contribution in [1.29, 1.82) is 0 Å². The number of aryl methyl sites for hydroxylation is 1. The topological polar surface area (TPSA) is 35.5 Å². The van der Waals surface area contributed by atoms with Crippen LogP contribution in [0.25, 0.3) is 0 Å². The number of hydrogen-bond acceptors (Lipinski definition) is 3. The molecule has 0 N–H and O–H groups in total. The summed E-state index contributed by atoms with van der Waals surface area (Å²) in [6.07, 6.45) is 0.401. The molecule has 1 aliphatic rings. The molecular weight excluding hydrogens is 199 g/mol. The zero-order chi connectivity index (χ0) is 10.2. The average Bonchev–Trinajstić information content (AvgIpc) is 2.44. The van der Waals surface area contributed by atoms with Gasteiger partial charge in [0.05, 0.1) is 12.8 Å². The van der Waals surface area contributed by atoms with Crippen LogP contribution in [0.5, 0.6) is 5.75 Å². The van der Waals surface area contributed by atoms with Crippen LogP contribution >= 0.6 is 7.60 Å². The van der Waals surface area contributed by atoms with E-state index < -0.39 is 7.60 Å². The summed E-state index contributed by atoms with van der Waals surface area (Å²) >= 11 is 0. The molecule has 0 spiro atoms. The molecule has 0 radical (unpaired) electrons. The van der Waals surface area contributed by atoms with E-state index in [1.807, 2.05) is 32.0 Å². The summed E-state index contributed by atoms with van der Waals surface area (Å²) in [5.41, 5.74) is 2.00. The van der Waals surface area contributed by atoms with E-state index in [0.29, 0.717) is 12.8 Å². The monoisotopic (exact) mass is 212 g/mol. The molecule has 76 valence electrons. The van der Waals surface area contributed by atoms with Gasteiger partial charge in [0.1, 0.15) is 5.75 Å². The molecular formula is C10H13O3P. The Kier molecular flexibility index (Phi) is 2.38. The maximum atomic E-state index is 12.0. The van der Waals surface area contributed by atoms with Crippen molar-refractivity contribution >= 4 is 7.60 Å². The van der Waals surface area contributed by atoms with Gasteiger partial charge in [0.25, 0.3) is 0 Å². The first-order chi connectivity index (χ1) is 6.64. The summed E-state index contributed by atoms with van der Waals surface area (Å²) in [5.74, 6) is 0.740. The van der Waals surface area contributed by atoms with Crippen LogP contribution in [0.4, 0.5) is 0 Å². The lowest BCUT2D eigenvalue weighted by Crippen LogP contribution is -1.93. The van der Waals surface area contributed by atoms with E-state index in [-0.39, 0.29) is 0 Å². The lowest BCUT2D eigenvalue weighted by molar-refractivity contribution is 0.285. The minimum absolute atomic E-state index is 0.401. The number of fused-ring (bicyclic) bond motifs is 1. The molecule has 1 aliphatic heterocycles. The van der Waals surface area contributed by atoms with E-state index in [9.17, 15) is 4.57 Å². The molecule has 0 fully saturated rings. The first-order valence-corrected chi connectivity index (χ1v) is 6.39. The molecule has 0 amide bonds. The van der Waals surface area contributed by atoms with E-state index in [1.54, 1.807) is 0 Å². The van der Waals surface area contributed by atoms with Gasteiger partial charge in [-0.05, 0) is 19.4 Å². The fraction of sp³-hybridized carbons (Fsp3) is 0.400. The molecule has 3 nitrogen and oxygen atoms in total. The van der Waals surface area contributed by atoms with Gasteiger partial charge in [-0.3, -0.25) is 4.52 Å². The highest BCUT2D eigenvalue weighted by molar-refractivity contribution is 7.53. The largest absolute Gasteiger partial charge is 0.424 e. The lowest BCUT2D eigenvalue weighted by Gasteiger charge is -2.10. The highest BCUT2D eigenvalue weighted by atomic mass is 31.2. The molecule has 0 aliphatic carbocycles. The highest BCUT2D eigenvalue weighted by Gasteiger charge is 2.35. The molecule has 0 bridgehead atoms.